The Kier molecular flexibility index (Phi) is 13.7. The molecular weight excluding hydrogens is 679 g/mol. The van der Waals surface area contributed by atoms with Gasteiger partial charge in [-0.15, -0.1) is 28.8 Å². The molecule has 0 bridgehead atoms. The minimum atomic E-state index is 0. The zero-order chi connectivity index (χ0) is 31.3. The van der Waals surface area contributed by atoms with Crippen LogP contribution in [0.2, 0.25) is 0 Å². The maximum absolute atomic E-state index is 3.88. The van der Waals surface area contributed by atoms with Gasteiger partial charge in [-0.05, 0) is 39.5 Å². The number of hydrogen-bond acceptors (Lipinski definition) is 0. The van der Waals surface area contributed by atoms with Crippen LogP contribution in [0.25, 0.3) is 33.4 Å². The maximum Gasteiger partial charge on any atom is -0.172 e. The van der Waals surface area contributed by atoms with E-state index in [1.165, 1.54) is 81.3 Å². The molecule has 0 atom stereocenters. The topological polar surface area (TPSA) is 0 Å². The largest absolute Gasteiger partial charge is 0.214 e. The molecule has 0 saturated heterocycles. The number of benzene rings is 4. The van der Waals surface area contributed by atoms with Crippen molar-refractivity contribution >= 4 is 3.21 Å². The predicted molar refractivity (Wildman–Crippen MR) is 187 cm³/mol. The molecule has 0 aromatic heterocycles. The summed E-state index contributed by atoms with van der Waals surface area (Å²) in [6.45, 7) is 13.9. The number of hydrogen-bond donors (Lipinski definition) is 0. The SMILES string of the molecule is CC(C)(C)c1cc2c([c-]c1-c1ccccc1)Cc1cc(-c3ccccc3)c(C(C)(C)C)cc1-2.[Cl-].[Cl-].[Zr+2]=[C]1CCCC1.c1cc[cH-]c1. The van der Waals surface area contributed by atoms with Gasteiger partial charge in [0.25, 0.3) is 0 Å². The summed E-state index contributed by atoms with van der Waals surface area (Å²) >= 11 is 1.68. The smallest absolute Gasteiger partial charge is 0.172 e. The van der Waals surface area contributed by atoms with E-state index in [0.717, 1.165) is 6.42 Å². The van der Waals surface area contributed by atoms with Gasteiger partial charge >= 0.3 is 53.1 Å². The molecule has 1 saturated carbocycles. The number of fused-ring (bicyclic) bond motifs is 3. The van der Waals surface area contributed by atoms with E-state index in [9.17, 15) is 0 Å². The second kappa shape index (κ2) is 16.6. The van der Waals surface area contributed by atoms with Gasteiger partial charge < -0.3 is 24.8 Å². The van der Waals surface area contributed by atoms with E-state index in [0.29, 0.717) is 0 Å². The second-order valence-corrected chi connectivity index (χ2v) is 15.9. The fraction of sp³-hybridized carbons (Fsp3) is 0.302. The molecule has 0 unspecified atom stereocenters. The van der Waals surface area contributed by atoms with Crippen LogP contribution in [0.3, 0.4) is 0 Å². The van der Waals surface area contributed by atoms with Crippen LogP contribution in [-0.2, 0) is 41.5 Å². The second-order valence-electron chi connectivity index (χ2n) is 14.2. The Labute approximate surface area is 305 Å². The first-order valence-corrected chi connectivity index (χ1v) is 17.4. The van der Waals surface area contributed by atoms with Crippen molar-refractivity contribution in [2.24, 2.45) is 0 Å². The molecular formula is C43H46Cl2Zr-2. The fourth-order valence-electron chi connectivity index (χ4n) is 6.22. The van der Waals surface area contributed by atoms with Gasteiger partial charge in [0.05, 0.1) is 0 Å². The summed E-state index contributed by atoms with van der Waals surface area (Å²) in [4.78, 5) is 0. The van der Waals surface area contributed by atoms with Crippen LogP contribution in [0.5, 0.6) is 0 Å². The van der Waals surface area contributed by atoms with Crippen molar-refractivity contribution in [1.82, 2.24) is 0 Å². The van der Waals surface area contributed by atoms with E-state index in [-0.39, 0.29) is 35.6 Å². The summed E-state index contributed by atoms with van der Waals surface area (Å²) < 4.78 is 1.79. The summed E-state index contributed by atoms with van der Waals surface area (Å²) in [6, 6.07) is 42.8. The van der Waals surface area contributed by atoms with Crippen molar-refractivity contribution in [1.29, 1.82) is 0 Å². The maximum atomic E-state index is 3.88. The minimum absolute atomic E-state index is 0. The molecule has 0 amide bonds. The van der Waals surface area contributed by atoms with Crippen molar-refractivity contribution in [3.63, 3.8) is 0 Å². The van der Waals surface area contributed by atoms with Crippen LogP contribution in [-0.4, -0.2) is 3.21 Å². The summed E-state index contributed by atoms with van der Waals surface area (Å²) in [7, 11) is 0. The van der Waals surface area contributed by atoms with Gasteiger partial charge in [-0.1, -0.05) is 131 Å². The molecule has 0 heterocycles. The molecule has 1 fully saturated rings. The third-order valence-electron chi connectivity index (χ3n) is 8.59. The fourth-order valence-corrected chi connectivity index (χ4v) is 7.09. The van der Waals surface area contributed by atoms with Gasteiger partial charge in [0.1, 0.15) is 0 Å². The average Bonchev–Trinajstić information content (AvgIpc) is 3.79. The van der Waals surface area contributed by atoms with Crippen molar-refractivity contribution in [2.45, 2.75) is 84.5 Å². The van der Waals surface area contributed by atoms with E-state index in [1.807, 2.05) is 30.3 Å². The Bertz CT molecular complexity index is 1560. The first-order chi connectivity index (χ1) is 21.0. The monoisotopic (exact) mass is 722 g/mol. The molecule has 5 aromatic carbocycles. The zero-order valence-corrected chi connectivity index (χ0v) is 32.2. The average molecular weight is 725 g/mol. The minimum Gasteiger partial charge on any atom is -0.214 e. The Hall–Kier alpha value is -2.44. The molecule has 46 heavy (non-hydrogen) atoms. The molecule has 0 N–H and O–H groups in total. The molecule has 3 heteroatoms. The van der Waals surface area contributed by atoms with E-state index in [4.69, 9.17) is 0 Å². The summed E-state index contributed by atoms with van der Waals surface area (Å²) in [5.74, 6) is 0. The van der Waals surface area contributed by atoms with Crippen LogP contribution >= 0.6 is 0 Å². The van der Waals surface area contributed by atoms with E-state index in [2.05, 4.69) is 126 Å². The van der Waals surface area contributed by atoms with Crippen molar-refractivity contribution in [3.8, 4) is 33.4 Å². The van der Waals surface area contributed by atoms with E-state index >= 15 is 0 Å². The van der Waals surface area contributed by atoms with Crippen molar-refractivity contribution in [3.05, 3.63) is 138 Å². The first-order valence-electron chi connectivity index (χ1n) is 16.1. The molecule has 0 aliphatic heterocycles. The zero-order valence-electron chi connectivity index (χ0n) is 28.2. The summed E-state index contributed by atoms with van der Waals surface area (Å²) in [5, 5.41) is 0. The molecule has 5 aromatic rings. The molecule has 0 nitrogen and oxygen atoms in total. The third kappa shape index (κ3) is 9.34. The standard InChI is InChI=1S/C33H33.C5H8.C5H5.2ClH.Zr/c1-32(2,3)30-20-26-24(18-28(30)22-13-9-7-10-14-22)17-25-19-29(23-15-11-8-12-16-23)31(21-27(25)26)33(4,5)6;2*1-2-4-5-3-1;;;/h7-16,18,20-21H,17H2,1-6H3;1-4H2;1-5H;2*1H;/q-1;;-1;;;+2/p-2. The molecule has 238 valence electrons. The molecule has 7 rings (SSSR count). The van der Waals surface area contributed by atoms with E-state index < -0.39 is 0 Å². The molecule has 0 radical (unpaired) electrons. The summed E-state index contributed by atoms with van der Waals surface area (Å²) in [5.41, 5.74) is 13.5. The Morgan fingerprint density at radius 2 is 1.13 bits per heavy atom. The van der Waals surface area contributed by atoms with Gasteiger partial charge in [0, 0.05) is 0 Å². The van der Waals surface area contributed by atoms with Crippen LogP contribution in [0.15, 0.2) is 109 Å². The Morgan fingerprint density at radius 1 is 0.609 bits per heavy atom. The van der Waals surface area contributed by atoms with Crippen LogP contribution in [0.1, 0.15) is 89.5 Å². The quantitative estimate of drug-likeness (QED) is 0.202. The Balaban J connectivity index is 0.000000374. The van der Waals surface area contributed by atoms with Gasteiger partial charge in [0.2, 0.25) is 0 Å². The molecule has 0 spiro atoms. The summed E-state index contributed by atoms with van der Waals surface area (Å²) in [6.07, 6.45) is 6.77. The van der Waals surface area contributed by atoms with Gasteiger partial charge in [-0.25, -0.2) is 12.1 Å². The van der Waals surface area contributed by atoms with Gasteiger partial charge in [-0.3, -0.25) is 0 Å². The van der Waals surface area contributed by atoms with Crippen molar-refractivity contribution in [2.75, 3.05) is 0 Å². The first kappa shape index (κ1) is 38.0. The van der Waals surface area contributed by atoms with E-state index in [1.54, 1.807) is 27.4 Å². The predicted octanol–water partition coefficient (Wildman–Crippen LogP) is 5.68. The molecule has 2 aliphatic carbocycles. The van der Waals surface area contributed by atoms with Gasteiger partial charge in [-0.2, -0.15) is 18.2 Å². The van der Waals surface area contributed by atoms with Crippen molar-refractivity contribution < 1.29 is 49.0 Å². The van der Waals surface area contributed by atoms with Crippen LogP contribution < -0.4 is 24.8 Å². The number of rotatable bonds is 2. The van der Waals surface area contributed by atoms with Gasteiger partial charge in [0.15, 0.2) is 0 Å². The number of halogens is 2. The van der Waals surface area contributed by atoms with Crippen LogP contribution in [0, 0.1) is 6.07 Å². The normalized spacial score (nSPS) is 13.2. The Morgan fingerprint density at radius 3 is 1.59 bits per heavy atom. The third-order valence-corrected chi connectivity index (χ3v) is 9.81. The molecule has 2 aliphatic rings. The van der Waals surface area contributed by atoms with Crippen LogP contribution in [0.4, 0.5) is 0 Å².